The number of fused-ring (bicyclic) bond motifs is 1. The van der Waals surface area contributed by atoms with Crippen LogP contribution in [0.5, 0.6) is 0 Å². The fraction of sp³-hybridized carbons (Fsp3) is 0.118. The van der Waals surface area contributed by atoms with Crippen molar-refractivity contribution in [3.8, 4) is 11.3 Å². The van der Waals surface area contributed by atoms with E-state index in [1.807, 2.05) is 13.0 Å². The number of carboxylic acids is 1. The number of aromatic amines is 1. The predicted molar refractivity (Wildman–Crippen MR) is 91.2 cm³/mol. The Balaban J connectivity index is 1.99. The summed E-state index contributed by atoms with van der Waals surface area (Å²) in [5, 5.41) is 22.4. The van der Waals surface area contributed by atoms with Crippen molar-refractivity contribution in [2.24, 2.45) is 0 Å². The first-order valence-electron chi connectivity index (χ1n) is 7.45. The number of carbonyl (C=O) groups excluding carboxylic acids is 1. The van der Waals surface area contributed by atoms with E-state index in [9.17, 15) is 9.59 Å². The van der Waals surface area contributed by atoms with Crippen LogP contribution in [0.4, 0.5) is 10.5 Å². The molecule has 0 saturated heterocycles. The summed E-state index contributed by atoms with van der Waals surface area (Å²) in [4.78, 5) is 22.8. The summed E-state index contributed by atoms with van der Waals surface area (Å²) in [6.45, 7) is 2.37. The third-order valence-corrected chi connectivity index (χ3v) is 3.54. The zero-order valence-corrected chi connectivity index (χ0v) is 13.0. The van der Waals surface area contributed by atoms with Gasteiger partial charge in [0.2, 0.25) is 0 Å². The summed E-state index contributed by atoms with van der Waals surface area (Å²) >= 11 is 0. The van der Waals surface area contributed by atoms with Crippen molar-refractivity contribution >= 4 is 28.6 Å². The lowest BCUT2D eigenvalue weighted by molar-refractivity contribution is 0.0697. The lowest BCUT2D eigenvalue weighted by Gasteiger charge is -2.07. The van der Waals surface area contributed by atoms with E-state index >= 15 is 0 Å². The number of aromatic carboxylic acids is 1. The van der Waals surface area contributed by atoms with Crippen LogP contribution in [0.25, 0.3) is 22.2 Å². The van der Waals surface area contributed by atoms with Gasteiger partial charge in [0, 0.05) is 23.2 Å². The molecule has 0 bridgehead atoms. The Kier molecular flexibility index (Phi) is 4.15. The number of hydrogen-bond acceptors (Lipinski definition) is 3. The van der Waals surface area contributed by atoms with Crippen molar-refractivity contribution in [3.05, 3.63) is 48.0 Å². The molecule has 0 radical (unpaired) electrons. The van der Waals surface area contributed by atoms with E-state index in [-0.39, 0.29) is 11.6 Å². The average Bonchev–Trinajstić information content (AvgIpc) is 2.98. The predicted octanol–water partition coefficient (Wildman–Crippen LogP) is 3.07. The summed E-state index contributed by atoms with van der Waals surface area (Å²) in [5.74, 6) is -0.990. The van der Waals surface area contributed by atoms with E-state index in [2.05, 4.69) is 20.8 Å². The van der Waals surface area contributed by atoms with Crippen molar-refractivity contribution in [1.82, 2.24) is 15.5 Å². The molecule has 4 N–H and O–H groups in total. The second-order valence-corrected chi connectivity index (χ2v) is 5.20. The minimum absolute atomic E-state index is 0.196. The molecule has 2 amide bonds. The topological polar surface area (TPSA) is 107 Å². The molecular weight excluding hydrogens is 308 g/mol. The van der Waals surface area contributed by atoms with Crippen molar-refractivity contribution < 1.29 is 14.7 Å². The Labute approximate surface area is 137 Å². The van der Waals surface area contributed by atoms with Gasteiger partial charge in [0.05, 0.1) is 16.8 Å². The zero-order chi connectivity index (χ0) is 17.1. The van der Waals surface area contributed by atoms with Crippen LogP contribution in [-0.4, -0.2) is 33.8 Å². The quantitative estimate of drug-likeness (QED) is 0.591. The molecule has 0 spiro atoms. The van der Waals surface area contributed by atoms with Gasteiger partial charge in [0.1, 0.15) is 0 Å². The van der Waals surface area contributed by atoms with Gasteiger partial charge in [-0.3, -0.25) is 5.10 Å². The minimum atomic E-state index is -0.990. The molecule has 0 unspecified atom stereocenters. The Morgan fingerprint density at radius 1 is 1.21 bits per heavy atom. The molecule has 3 rings (SSSR count). The van der Waals surface area contributed by atoms with Crippen molar-refractivity contribution in [3.63, 3.8) is 0 Å². The Bertz CT molecular complexity index is 917. The van der Waals surface area contributed by atoms with Gasteiger partial charge in [-0.15, -0.1) is 0 Å². The fourth-order valence-electron chi connectivity index (χ4n) is 2.45. The molecule has 3 aromatic rings. The highest BCUT2D eigenvalue weighted by Gasteiger charge is 2.12. The summed E-state index contributed by atoms with van der Waals surface area (Å²) in [6, 6.07) is 11.7. The van der Waals surface area contributed by atoms with Gasteiger partial charge in [-0.05, 0) is 37.3 Å². The number of amides is 2. The number of rotatable bonds is 4. The van der Waals surface area contributed by atoms with Crippen LogP contribution in [0.3, 0.4) is 0 Å². The number of hydrogen-bond donors (Lipinski definition) is 4. The van der Waals surface area contributed by atoms with Crippen LogP contribution in [-0.2, 0) is 0 Å². The van der Waals surface area contributed by atoms with E-state index in [1.54, 1.807) is 30.3 Å². The minimum Gasteiger partial charge on any atom is -0.478 e. The molecule has 7 nitrogen and oxygen atoms in total. The fourth-order valence-corrected chi connectivity index (χ4v) is 2.45. The van der Waals surface area contributed by atoms with Gasteiger partial charge >= 0.3 is 12.0 Å². The number of benzene rings is 2. The molecule has 7 heteroatoms. The third kappa shape index (κ3) is 3.05. The Morgan fingerprint density at radius 2 is 2.04 bits per heavy atom. The van der Waals surface area contributed by atoms with Crippen molar-refractivity contribution in [2.75, 3.05) is 11.9 Å². The standard InChI is InChI=1S/C17H16N4O3/c1-2-18-17(24)19-12-5-3-4-10(8-12)15-13-9-11(16(22)23)6-7-14(13)20-21-15/h3-9H,2H2,1H3,(H,20,21)(H,22,23)(H2,18,19,24). The van der Waals surface area contributed by atoms with Crippen LogP contribution in [0, 0.1) is 0 Å². The molecule has 0 aliphatic rings. The highest BCUT2D eigenvalue weighted by molar-refractivity contribution is 5.99. The molecular formula is C17H16N4O3. The number of H-pyrrole nitrogens is 1. The smallest absolute Gasteiger partial charge is 0.335 e. The SMILES string of the molecule is CCNC(=O)Nc1cccc(-c2n[nH]c3ccc(C(=O)O)cc23)c1. The molecule has 1 heterocycles. The largest absolute Gasteiger partial charge is 0.478 e. The number of carbonyl (C=O) groups is 2. The zero-order valence-electron chi connectivity index (χ0n) is 13.0. The number of anilines is 1. The summed E-state index contributed by atoms with van der Waals surface area (Å²) in [7, 11) is 0. The van der Waals surface area contributed by atoms with Gasteiger partial charge < -0.3 is 15.7 Å². The Hall–Kier alpha value is -3.35. The summed E-state index contributed by atoms with van der Waals surface area (Å²) in [6.07, 6.45) is 0. The normalized spacial score (nSPS) is 10.5. The van der Waals surface area contributed by atoms with E-state index in [1.165, 1.54) is 6.07 Å². The monoisotopic (exact) mass is 324 g/mol. The van der Waals surface area contributed by atoms with Crippen LogP contribution < -0.4 is 10.6 Å². The number of nitrogens with one attached hydrogen (secondary N) is 3. The number of aromatic nitrogens is 2. The van der Waals surface area contributed by atoms with Crippen LogP contribution in [0.2, 0.25) is 0 Å². The number of carboxylic acid groups (broad SMARTS) is 1. The van der Waals surface area contributed by atoms with Crippen LogP contribution >= 0.6 is 0 Å². The molecule has 0 saturated carbocycles. The van der Waals surface area contributed by atoms with Gasteiger partial charge in [0.25, 0.3) is 0 Å². The highest BCUT2D eigenvalue weighted by Crippen LogP contribution is 2.28. The molecule has 0 aliphatic carbocycles. The van der Waals surface area contributed by atoms with E-state index in [4.69, 9.17) is 5.11 Å². The van der Waals surface area contributed by atoms with E-state index in [0.29, 0.717) is 23.3 Å². The molecule has 0 aliphatic heterocycles. The second kappa shape index (κ2) is 6.41. The number of nitrogens with zero attached hydrogens (tertiary/aromatic N) is 1. The maximum absolute atomic E-state index is 11.6. The summed E-state index contributed by atoms with van der Waals surface area (Å²) < 4.78 is 0. The third-order valence-electron chi connectivity index (χ3n) is 3.54. The highest BCUT2D eigenvalue weighted by atomic mass is 16.4. The van der Waals surface area contributed by atoms with Crippen LogP contribution in [0.1, 0.15) is 17.3 Å². The molecule has 1 aromatic heterocycles. The first kappa shape index (κ1) is 15.5. The molecule has 2 aromatic carbocycles. The van der Waals surface area contributed by atoms with Gasteiger partial charge in [-0.25, -0.2) is 9.59 Å². The first-order chi connectivity index (χ1) is 11.6. The second-order valence-electron chi connectivity index (χ2n) is 5.20. The lowest BCUT2D eigenvalue weighted by atomic mass is 10.1. The Morgan fingerprint density at radius 3 is 2.79 bits per heavy atom. The molecule has 0 atom stereocenters. The van der Waals surface area contributed by atoms with Crippen molar-refractivity contribution in [2.45, 2.75) is 6.92 Å². The lowest BCUT2D eigenvalue weighted by Crippen LogP contribution is -2.28. The van der Waals surface area contributed by atoms with E-state index in [0.717, 1.165) is 11.1 Å². The average molecular weight is 324 g/mol. The molecule has 24 heavy (non-hydrogen) atoms. The number of urea groups is 1. The molecule has 122 valence electrons. The van der Waals surface area contributed by atoms with Gasteiger partial charge in [-0.1, -0.05) is 12.1 Å². The van der Waals surface area contributed by atoms with E-state index < -0.39 is 5.97 Å². The molecule has 0 fully saturated rings. The summed E-state index contributed by atoms with van der Waals surface area (Å²) in [5.41, 5.74) is 2.98. The van der Waals surface area contributed by atoms with Crippen LogP contribution in [0.15, 0.2) is 42.5 Å². The first-order valence-corrected chi connectivity index (χ1v) is 7.45. The van der Waals surface area contributed by atoms with Gasteiger partial charge in [0.15, 0.2) is 0 Å². The van der Waals surface area contributed by atoms with Gasteiger partial charge in [-0.2, -0.15) is 5.10 Å². The maximum atomic E-state index is 11.6. The van der Waals surface area contributed by atoms with Crippen molar-refractivity contribution in [1.29, 1.82) is 0 Å². The maximum Gasteiger partial charge on any atom is 0.335 e.